The van der Waals surface area contributed by atoms with Crippen LogP contribution in [0, 0.1) is 17.0 Å². The summed E-state index contributed by atoms with van der Waals surface area (Å²) in [5.74, 6) is 0.0664. The number of rotatable bonds is 4. The molecule has 0 radical (unpaired) electrons. The predicted octanol–water partition coefficient (Wildman–Crippen LogP) is 1.95. The molecule has 0 amide bonds. The summed E-state index contributed by atoms with van der Waals surface area (Å²) in [6, 6.07) is 3.01. The van der Waals surface area contributed by atoms with Crippen LogP contribution in [0.5, 0.6) is 5.88 Å². The summed E-state index contributed by atoms with van der Waals surface area (Å²) < 4.78 is 5.49. The number of ether oxygens (including phenoxy) is 1. The van der Waals surface area contributed by atoms with Crippen molar-refractivity contribution >= 4 is 5.69 Å². The van der Waals surface area contributed by atoms with Crippen LogP contribution in [0.25, 0.3) is 0 Å². The minimum absolute atomic E-state index is 0.0664. The molecule has 0 atom stereocenters. The van der Waals surface area contributed by atoms with Gasteiger partial charge in [0.1, 0.15) is 6.61 Å². The molecule has 18 heavy (non-hydrogen) atoms. The Balaban J connectivity index is 2.12. The van der Waals surface area contributed by atoms with Crippen molar-refractivity contribution in [3.63, 3.8) is 0 Å². The first-order valence-electron chi connectivity index (χ1n) is 6.04. The zero-order valence-electron chi connectivity index (χ0n) is 10.4. The lowest BCUT2D eigenvalue weighted by Crippen LogP contribution is -2.42. The number of nitrogens with zero attached hydrogens (tertiary/aromatic N) is 2. The van der Waals surface area contributed by atoms with Crippen molar-refractivity contribution in [2.24, 2.45) is 5.73 Å². The molecule has 2 rings (SSSR count). The van der Waals surface area contributed by atoms with Gasteiger partial charge in [0.05, 0.1) is 10.5 Å². The summed E-state index contributed by atoms with van der Waals surface area (Å²) in [5, 5.41) is 10.9. The van der Waals surface area contributed by atoms with E-state index in [4.69, 9.17) is 10.5 Å². The van der Waals surface area contributed by atoms with Gasteiger partial charge in [-0.3, -0.25) is 10.1 Å². The largest absolute Gasteiger partial charge is 0.471 e. The standard InChI is InChI=1S/C12H17N3O3/c1-9-4-5-10(15(16)17)11(14-9)18-8-12(13)6-2-3-7-12/h4-5H,2-3,6-8,13H2,1H3. The van der Waals surface area contributed by atoms with Crippen molar-refractivity contribution in [3.8, 4) is 5.88 Å². The highest BCUT2D eigenvalue weighted by Crippen LogP contribution is 2.30. The fourth-order valence-corrected chi connectivity index (χ4v) is 2.21. The lowest BCUT2D eigenvalue weighted by Gasteiger charge is -2.22. The molecular formula is C12H17N3O3. The van der Waals surface area contributed by atoms with Gasteiger partial charge in [-0.15, -0.1) is 0 Å². The third-order valence-corrected chi connectivity index (χ3v) is 3.27. The summed E-state index contributed by atoms with van der Waals surface area (Å²) >= 11 is 0. The van der Waals surface area contributed by atoms with Crippen LogP contribution in [0.1, 0.15) is 31.4 Å². The van der Waals surface area contributed by atoms with Crippen molar-refractivity contribution in [1.29, 1.82) is 0 Å². The maximum Gasteiger partial charge on any atom is 0.330 e. The molecule has 1 heterocycles. The third-order valence-electron chi connectivity index (χ3n) is 3.27. The molecule has 2 N–H and O–H groups in total. The molecular weight excluding hydrogens is 234 g/mol. The van der Waals surface area contributed by atoms with Crippen LogP contribution in [0.3, 0.4) is 0 Å². The fourth-order valence-electron chi connectivity index (χ4n) is 2.21. The molecule has 0 spiro atoms. The molecule has 1 aliphatic rings. The smallest absolute Gasteiger partial charge is 0.330 e. The lowest BCUT2D eigenvalue weighted by atomic mass is 10.0. The van der Waals surface area contributed by atoms with Crippen molar-refractivity contribution in [2.75, 3.05) is 6.61 Å². The van der Waals surface area contributed by atoms with E-state index in [1.54, 1.807) is 13.0 Å². The van der Waals surface area contributed by atoms with E-state index in [9.17, 15) is 10.1 Å². The van der Waals surface area contributed by atoms with Crippen molar-refractivity contribution in [3.05, 3.63) is 27.9 Å². The summed E-state index contributed by atoms with van der Waals surface area (Å²) in [6.07, 6.45) is 3.96. The topological polar surface area (TPSA) is 91.3 Å². The van der Waals surface area contributed by atoms with Crippen LogP contribution in [-0.2, 0) is 0 Å². The van der Waals surface area contributed by atoms with Gasteiger partial charge >= 0.3 is 5.69 Å². The molecule has 6 heteroatoms. The number of pyridine rings is 1. The highest BCUT2D eigenvalue weighted by molar-refractivity contribution is 5.41. The van der Waals surface area contributed by atoms with Gasteiger partial charge in [0.25, 0.3) is 5.88 Å². The highest BCUT2D eigenvalue weighted by Gasteiger charge is 2.31. The zero-order valence-corrected chi connectivity index (χ0v) is 10.4. The van der Waals surface area contributed by atoms with Crippen LogP contribution in [-0.4, -0.2) is 22.1 Å². The van der Waals surface area contributed by atoms with Crippen LogP contribution in [0.2, 0.25) is 0 Å². The molecule has 1 saturated carbocycles. The lowest BCUT2D eigenvalue weighted by molar-refractivity contribution is -0.386. The predicted molar refractivity (Wildman–Crippen MR) is 66.5 cm³/mol. The number of nitro groups is 1. The van der Waals surface area contributed by atoms with Gasteiger partial charge in [-0.05, 0) is 25.8 Å². The van der Waals surface area contributed by atoms with Crippen LogP contribution < -0.4 is 10.5 Å². The van der Waals surface area contributed by atoms with Gasteiger partial charge in [-0.25, -0.2) is 4.98 Å². The SMILES string of the molecule is Cc1ccc([N+](=O)[O-])c(OCC2(N)CCCC2)n1. The monoisotopic (exact) mass is 251 g/mol. The number of aromatic nitrogens is 1. The highest BCUT2D eigenvalue weighted by atomic mass is 16.6. The van der Waals surface area contributed by atoms with E-state index in [0.29, 0.717) is 5.69 Å². The Morgan fingerprint density at radius 2 is 2.17 bits per heavy atom. The first-order valence-corrected chi connectivity index (χ1v) is 6.04. The Hall–Kier alpha value is -1.69. The van der Waals surface area contributed by atoms with E-state index < -0.39 is 4.92 Å². The average Bonchev–Trinajstić information content (AvgIpc) is 2.74. The molecule has 1 fully saturated rings. The Morgan fingerprint density at radius 1 is 1.50 bits per heavy atom. The van der Waals surface area contributed by atoms with Crippen LogP contribution in [0.15, 0.2) is 12.1 Å². The number of hydrogen-bond acceptors (Lipinski definition) is 5. The second-order valence-corrected chi connectivity index (χ2v) is 4.89. The van der Waals surface area contributed by atoms with Gasteiger partial charge < -0.3 is 10.5 Å². The van der Waals surface area contributed by atoms with Gasteiger partial charge in [0.2, 0.25) is 0 Å². The van der Waals surface area contributed by atoms with E-state index in [0.717, 1.165) is 25.7 Å². The normalized spacial score (nSPS) is 17.7. The Kier molecular flexibility index (Phi) is 3.47. The quantitative estimate of drug-likeness (QED) is 0.652. The van der Waals surface area contributed by atoms with E-state index in [1.165, 1.54) is 6.07 Å². The minimum Gasteiger partial charge on any atom is -0.471 e. The second kappa shape index (κ2) is 4.89. The first kappa shape index (κ1) is 12.8. The molecule has 0 aliphatic heterocycles. The maximum absolute atomic E-state index is 10.9. The average molecular weight is 251 g/mol. The molecule has 0 saturated heterocycles. The van der Waals surface area contributed by atoms with E-state index in [2.05, 4.69) is 4.98 Å². The summed E-state index contributed by atoms with van der Waals surface area (Å²) in [5.41, 5.74) is 6.37. The van der Waals surface area contributed by atoms with Gasteiger partial charge in [0.15, 0.2) is 0 Å². The maximum atomic E-state index is 10.9. The minimum atomic E-state index is -0.486. The van der Waals surface area contributed by atoms with Crippen LogP contribution >= 0.6 is 0 Å². The number of aryl methyl sites for hydroxylation is 1. The Labute approximate surface area is 105 Å². The van der Waals surface area contributed by atoms with Crippen molar-refractivity contribution in [1.82, 2.24) is 4.98 Å². The second-order valence-electron chi connectivity index (χ2n) is 4.89. The number of hydrogen-bond donors (Lipinski definition) is 1. The zero-order chi connectivity index (χ0) is 13.2. The Morgan fingerprint density at radius 3 is 2.78 bits per heavy atom. The van der Waals surface area contributed by atoms with Crippen molar-refractivity contribution < 1.29 is 9.66 Å². The molecule has 6 nitrogen and oxygen atoms in total. The molecule has 98 valence electrons. The van der Waals surface area contributed by atoms with Gasteiger partial charge in [0, 0.05) is 11.8 Å². The van der Waals surface area contributed by atoms with Crippen LogP contribution in [0.4, 0.5) is 5.69 Å². The molecule has 1 aromatic heterocycles. The molecule has 0 bridgehead atoms. The van der Waals surface area contributed by atoms with E-state index in [1.807, 2.05) is 0 Å². The summed E-state index contributed by atoms with van der Waals surface area (Å²) in [7, 11) is 0. The van der Waals surface area contributed by atoms with Gasteiger partial charge in [-0.1, -0.05) is 12.8 Å². The molecule has 0 unspecified atom stereocenters. The summed E-state index contributed by atoms with van der Waals surface area (Å²) in [6.45, 7) is 2.05. The first-order chi connectivity index (χ1) is 8.50. The third kappa shape index (κ3) is 2.76. The van der Waals surface area contributed by atoms with Crippen molar-refractivity contribution in [2.45, 2.75) is 38.1 Å². The Bertz CT molecular complexity index is 456. The van der Waals surface area contributed by atoms with E-state index in [-0.39, 0.29) is 23.7 Å². The number of nitrogens with two attached hydrogens (primary N) is 1. The molecule has 1 aliphatic carbocycles. The summed E-state index contributed by atoms with van der Waals surface area (Å²) in [4.78, 5) is 14.4. The van der Waals surface area contributed by atoms with Gasteiger partial charge in [-0.2, -0.15) is 0 Å². The van der Waals surface area contributed by atoms with E-state index >= 15 is 0 Å². The fraction of sp³-hybridized carbons (Fsp3) is 0.583. The molecule has 1 aromatic rings. The molecule has 0 aromatic carbocycles.